The van der Waals surface area contributed by atoms with Crippen LogP contribution in [0.5, 0.6) is 5.88 Å². The zero-order chi connectivity index (χ0) is 14.7. The molecule has 0 aromatic carbocycles. The molecule has 8 heteroatoms. The average Bonchev–Trinajstić information content (AvgIpc) is 3.00. The van der Waals surface area contributed by atoms with Crippen LogP contribution in [-0.4, -0.2) is 38.1 Å². The van der Waals surface area contributed by atoms with Gasteiger partial charge in [-0.3, -0.25) is 14.4 Å². The molecule has 5 nitrogen and oxygen atoms in total. The Morgan fingerprint density at radius 3 is 2.90 bits per heavy atom. The maximum Gasteiger partial charge on any atom is 0.323 e. The van der Waals surface area contributed by atoms with Crippen molar-refractivity contribution in [1.29, 1.82) is 0 Å². The van der Waals surface area contributed by atoms with Crippen LogP contribution in [0.2, 0.25) is 0 Å². The van der Waals surface area contributed by atoms with Gasteiger partial charge in [-0.1, -0.05) is 6.92 Å². The number of nitrogens with zero attached hydrogens (tertiary/aromatic N) is 2. The first-order valence-electron chi connectivity index (χ1n) is 6.05. The van der Waals surface area contributed by atoms with E-state index in [4.69, 9.17) is 17.3 Å². The van der Waals surface area contributed by atoms with Crippen molar-refractivity contribution in [2.45, 2.75) is 19.9 Å². The van der Waals surface area contributed by atoms with E-state index < -0.39 is 5.97 Å². The minimum absolute atomic E-state index is 0.0862. The van der Waals surface area contributed by atoms with Crippen LogP contribution < -0.4 is 0 Å². The topological polar surface area (TPSA) is 74.8 Å². The zero-order valence-electron chi connectivity index (χ0n) is 10.8. The van der Waals surface area contributed by atoms with Crippen LogP contribution in [0.15, 0.2) is 10.6 Å². The highest BCUT2D eigenvalue weighted by Crippen LogP contribution is 2.31. The molecule has 0 saturated heterocycles. The molecule has 1 aromatic rings. The minimum Gasteiger partial charge on any atom is -0.493 e. The van der Waals surface area contributed by atoms with Gasteiger partial charge in [0, 0.05) is 12.3 Å². The Hall–Kier alpha value is -1.12. The third kappa shape index (κ3) is 3.31. The lowest BCUT2D eigenvalue weighted by Gasteiger charge is -2.03. The number of aromatic nitrogens is 1. The summed E-state index contributed by atoms with van der Waals surface area (Å²) >= 11 is 8.00. The van der Waals surface area contributed by atoms with Gasteiger partial charge in [-0.05, 0) is 30.3 Å². The SMILES string of the molecule is CCC(=Cc1sc(=S)n(CC(=O)O)c1O)C1=NCCS1. The van der Waals surface area contributed by atoms with E-state index in [1.807, 2.05) is 13.0 Å². The Labute approximate surface area is 129 Å². The van der Waals surface area contributed by atoms with Crippen molar-refractivity contribution in [1.82, 2.24) is 4.57 Å². The van der Waals surface area contributed by atoms with E-state index >= 15 is 0 Å². The summed E-state index contributed by atoms with van der Waals surface area (Å²) < 4.78 is 1.58. The van der Waals surface area contributed by atoms with Crippen LogP contribution in [0.25, 0.3) is 6.08 Å². The molecule has 0 aliphatic carbocycles. The maximum atomic E-state index is 10.8. The largest absolute Gasteiger partial charge is 0.493 e. The quantitative estimate of drug-likeness (QED) is 0.812. The first-order valence-corrected chi connectivity index (χ1v) is 8.26. The number of rotatable bonds is 5. The summed E-state index contributed by atoms with van der Waals surface area (Å²) in [5.74, 6) is -0.137. The van der Waals surface area contributed by atoms with Crippen LogP contribution in [0.1, 0.15) is 18.2 Å². The fourth-order valence-electron chi connectivity index (χ4n) is 1.79. The van der Waals surface area contributed by atoms with Crippen molar-refractivity contribution in [2.75, 3.05) is 12.3 Å². The van der Waals surface area contributed by atoms with E-state index in [0.29, 0.717) is 8.83 Å². The number of aliphatic carboxylic acids is 1. The minimum atomic E-state index is -1.03. The number of aliphatic imine (C=N–C) groups is 1. The highest BCUT2D eigenvalue weighted by atomic mass is 32.2. The lowest BCUT2D eigenvalue weighted by atomic mass is 10.2. The number of thioether (sulfide) groups is 1. The van der Waals surface area contributed by atoms with E-state index in [1.165, 1.54) is 15.9 Å². The molecule has 0 bridgehead atoms. The molecule has 0 fully saturated rings. The van der Waals surface area contributed by atoms with E-state index in [0.717, 1.165) is 29.3 Å². The van der Waals surface area contributed by atoms with E-state index in [1.54, 1.807) is 11.8 Å². The molecule has 20 heavy (non-hydrogen) atoms. The molecular formula is C12H14N2O3S3. The van der Waals surface area contributed by atoms with Gasteiger partial charge in [-0.15, -0.1) is 23.1 Å². The Morgan fingerprint density at radius 2 is 2.35 bits per heavy atom. The number of hydrogen-bond acceptors (Lipinski definition) is 6. The van der Waals surface area contributed by atoms with Crippen LogP contribution in [0, 0.1) is 3.95 Å². The Bertz CT molecular complexity index is 643. The average molecular weight is 330 g/mol. The summed E-state index contributed by atoms with van der Waals surface area (Å²) in [4.78, 5) is 15.8. The fourth-order valence-corrected chi connectivity index (χ4v) is 4.01. The monoisotopic (exact) mass is 330 g/mol. The third-order valence-corrected chi connectivity index (χ3v) is 5.17. The lowest BCUT2D eigenvalue weighted by molar-refractivity contribution is -0.137. The third-order valence-electron chi connectivity index (χ3n) is 2.73. The predicted octanol–water partition coefficient (Wildman–Crippen LogP) is 3.01. The second kappa shape index (κ2) is 6.55. The first-order chi connectivity index (χ1) is 9.52. The van der Waals surface area contributed by atoms with Gasteiger partial charge < -0.3 is 10.2 Å². The summed E-state index contributed by atoms with van der Waals surface area (Å²) in [6, 6.07) is 0. The van der Waals surface area contributed by atoms with Crippen LogP contribution >= 0.6 is 35.3 Å². The number of carboxylic acids is 1. The van der Waals surface area contributed by atoms with Crippen LogP contribution in [0.3, 0.4) is 0 Å². The van der Waals surface area contributed by atoms with Crippen molar-refractivity contribution in [3.8, 4) is 5.88 Å². The van der Waals surface area contributed by atoms with Gasteiger partial charge in [0.2, 0.25) is 5.88 Å². The van der Waals surface area contributed by atoms with Crippen molar-refractivity contribution >= 4 is 52.4 Å². The van der Waals surface area contributed by atoms with Gasteiger partial charge in [-0.25, -0.2) is 0 Å². The molecule has 0 amide bonds. The smallest absolute Gasteiger partial charge is 0.323 e. The molecular weight excluding hydrogens is 316 g/mol. The second-order valence-electron chi connectivity index (χ2n) is 4.09. The summed E-state index contributed by atoms with van der Waals surface area (Å²) in [5, 5.41) is 19.9. The molecule has 0 atom stereocenters. The molecule has 2 N–H and O–H groups in total. The lowest BCUT2D eigenvalue weighted by Crippen LogP contribution is -2.07. The van der Waals surface area contributed by atoms with Crippen molar-refractivity contribution in [2.24, 2.45) is 4.99 Å². The normalized spacial score (nSPS) is 15.4. The molecule has 0 unspecified atom stereocenters. The van der Waals surface area contributed by atoms with E-state index in [-0.39, 0.29) is 12.4 Å². The molecule has 1 aliphatic rings. The number of aromatic hydroxyl groups is 1. The predicted molar refractivity (Wildman–Crippen MR) is 85.5 cm³/mol. The van der Waals surface area contributed by atoms with Gasteiger partial charge in [0.05, 0.1) is 9.92 Å². The number of thiazole rings is 1. The van der Waals surface area contributed by atoms with Crippen LogP contribution in [-0.2, 0) is 11.3 Å². The number of carboxylic acid groups (broad SMARTS) is 1. The molecule has 1 aromatic heterocycles. The summed E-state index contributed by atoms with van der Waals surface area (Å²) in [5.41, 5.74) is 1.04. The summed E-state index contributed by atoms with van der Waals surface area (Å²) in [7, 11) is 0. The summed E-state index contributed by atoms with van der Waals surface area (Å²) in [6.45, 7) is 2.52. The van der Waals surface area contributed by atoms with Gasteiger partial charge >= 0.3 is 5.97 Å². The highest BCUT2D eigenvalue weighted by Gasteiger charge is 2.16. The number of carbonyl (C=O) groups is 1. The molecule has 0 radical (unpaired) electrons. The Kier molecular flexibility index (Phi) is 5.00. The van der Waals surface area contributed by atoms with E-state index in [2.05, 4.69) is 4.99 Å². The highest BCUT2D eigenvalue weighted by molar-refractivity contribution is 8.14. The molecule has 1 aliphatic heterocycles. The molecule has 0 spiro atoms. The number of hydrogen-bond donors (Lipinski definition) is 2. The van der Waals surface area contributed by atoms with Gasteiger partial charge in [0.1, 0.15) is 6.54 Å². The van der Waals surface area contributed by atoms with Crippen molar-refractivity contribution in [3.63, 3.8) is 0 Å². The van der Waals surface area contributed by atoms with Gasteiger partial charge in [-0.2, -0.15) is 0 Å². The maximum absolute atomic E-state index is 10.8. The molecule has 108 valence electrons. The van der Waals surface area contributed by atoms with Crippen molar-refractivity contribution in [3.05, 3.63) is 14.4 Å². The van der Waals surface area contributed by atoms with Crippen LogP contribution in [0.4, 0.5) is 0 Å². The standard InChI is InChI=1S/C12H14N2O3S3/c1-2-7(10-13-3-4-19-10)5-8-11(17)14(6-9(15)16)12(18)20-8/h5,17H,2-4,6H2,1H3,(H,15,16). The zero-order valence-corrected chi connectivity index (χ0v) is 13.3. The Balaban J connectivity index is 2.37. The van der Waals surface area contributed by atoms with Gasteiger partial charge in [0.15, 0.2) is 3.95 Å². The van der Waals surface area contributed by atoms with Gasteiger partial charge in [0.25, 0.3) is 0 Å². The first kappa shape index (κ1) is 15.3. The molecule has 0 saturated carbocycles. The second-order valence-corrected chi connectivity index (χ2v) is 6.85. The van der Waals surface area contributed by atoms with Crippen molar-refractivity contribution < 1.29 is 15.0 Å². The molecule has 2 rings (SSSR count). The Morgan fingerprint density at radius 1 is 1.60 bits per heavy atom. The molecule has 2 heterocycles. The summed E-state index contributed by atoms with van der Waals surface area (Å²) in [6.07, 6.45) is 2.65. The van der Waals surface area contributed by atoms with E-state index in [9.17, 15) is 9.90 Å². The fraction of sp³-hybridized carbons (Fsp3) is 0.417.